The third-order valence-electron chi connectivity index (χ3n) is 2.85. The highest BCUT2D eigenvalue weighted by molar-refractivity contribution is 6.61. The van der Waals surface area contributed by atoms with E-state index >= 15 is 0 Å². The second kappa shape index (κ2) is 5.39. The summed E-state index contributed by atoms with van der Waals surface area (Å²) in [5, 5.41) is 0. The Morgan fingerprint density at radius 3 is 2.05 bits per heavy atom. The lowest BCUT2D eigenvalue weighted by Crippen LogP contribution is -2.47. The van der Waals surface area contributed by atoms with Gasteiger partial charge in [0, 0.05) is 24.2 Å². The maximum atomic E-state index is 13.0. The molecule has 1 heterocycles. The maximum Gasteiger partial charge on any atom is 0.493 e. The number of hydrogen-bond donors (Lipinski definition) is 0. The van der Waals surface area contributed by atoms with Gasteiger partial charge in [-0.1, -0.05) is 38.1 Å². The topological polar surface area (TPSA) is 18.5 Å². The summed E-state index contributed by atoms with van der Waals surface area (Å²) in [6.45, 7) is 5.15. The van der Waals surface area contributed by atoms with Gasteiger partial charge in [0.15, 0.2) is 5.83 Å². The van der Waals surface area contributed by atoms with E-state index < -0.39 is 19.0 Å². The van der Waals surface area contributed by atoms with Gasteiger partial charge in [0.05, 0.1) is 0 Å². The van der Waals surface area contributed by atoms with Gasteiger partial charge in [-0.15, -0.1) is 0 Å². The fraction of sp³-hybridized carbons (Fsp3) is 0.385. The maximum absolute atomic E-state index is 13.0. The van der Waals surface area contributed by atoms with Crippen molar-refractivity contribution in [2.75, 3.05) is 13.2 Å². The van der Waals surface area contributed by atoms with Crippen LogP contribution >= 0.6 is 0 Å². The zero-order chi connectivity index (χ0) is 14.0. The summed E-state index contributed by atoms with van der Waals surface area (Å²) in [6.07, 6.45) is -2.32. The third kappa shape index (κ3) is 3.39. The van der Waals surface area contributed by atoms with Crippen molar-refractivity contribution in [1.29, 1.82) is 0 Å². The minimum atomic E-state index is -2.32. The Bertz CT molecular complexity index is 471. The molecule has 0 amide bonds. The van der Waals surface area contributed by atoms with Crippen molar-refractivity contribution in [3.05, 3.63) is 35.9 Å². The Hall–Kier alpha value is -1.27. The Labute approximate surface area is 110 Å². The molecule has 0 bridgehead atoms. The lowest BCUT2D eigenvalue weighted by molar-refractivity contribution is 0.0343. The first-order chi connectivity index (χ1) is 8.89. The van der Waals surface area contributed by atoms with Crippen LogP contribution < -0.4 is 5.46 Å². The molecule has 0 radical (unpaired) electrons. The van der Waals surface area contributed by atoms with Crippen LogP contribution in [0, 0.1) is 5.41 Å². The molecule has 0 atom stereocenters. The van der Waals surface area contributed by atoms with E-state index in [9.17, 15) is 13.2 Å². The molecular formula is C13H14BF3O2. The van der Waals surface area contributed by atoms with E-state index in [1.165, 1.54) is 24.3 Å². The van der Waals surface area contributed by atoms with E-state index in [0.717, 1.165) is 0 Å². The molecule has 0 aliphatic carbocycles. The molecule has 1 aliphatic heterocycles. The van der Waals surface area contributed by atoms with Crippen LogP contribution in [0.15, 0.2) is 30.3 Å². The van der Waals surface area contributed by atoms with E-state index in [2.05, 4.69) is 0 Å². The van der Waals surface area contributed by atoms with E-state index in [-0.39, 0.29) is 11.0 Å². The van der Waals surface area contributed by atoms with Crippen LogP contribution in [0.1, 0.15) is 19.4 Å². The standard InChI is InChI=1S/C13H14BF3O2/c1-13(2)7-18-14(19-8-13)10-5-3-9(4-6-10)11(15)12(16)17/h3-6H,7-8H2,1-2H3. The minimum Gasteiger partial charge on any atom is -0.407 e. The normalized spacial score (nSPS) is 18.3. The van der Waals surface area contributed by atoms with Gasteiger partial charge in [-0.05, 0) is 5.46 Å². The van der Waals surface area contributed by atoms with E-state index in [4.69, 9.17) is 9.31 Å². The molecule has 0 unspecified atom stereocenters. The lowest BCUT2D eigenvalue weighted by Gasteiger charge is -2.33. The van der Waals surface area contributed by atoms with Crippen LogP contribution in [0.25, 0.3) is 5.83 Å². The summed E-state index contributed by atoms with van der Waals surface area (Å²) >= 11 is 0. The van der Waals surface area contributed by atoms with E-state index in [1.807, 2.05) is 13.8 Å². The smallest absolute Gasteiger partial charge is 0.407 e. The summed E-state index contributed by atoms with van der Waals surface area (Å²) in [5.74, 6) is -1.50. The molecule has 102 valence electrons. The number of rotatable bonds is 2. The first-order valence-corrected chi connectivity index (χ1v) is 5.93. The highest BCUT2D eigenvalue weighted by atomic mass is 19.3. The van der Waals surface area contributed by atoms with Gasteiger partial charge >= 0.3 is 13.2 Å². The molecule has 6 heteroatoms. The summed E-state index contributed by atoms with van der Waals surface area (Å²) in [4.78, 5) is 0. The molecule has 1 fully saturated rings. The predicted molar refractivity (Wildman–Crippen MR) is 67.8 cm³/mol. The van der Waals surface area contributed by atoms with Crippen LogP contribution in [0.5, 0.6) is 0 Å². The predicted octanol–water partition coefficient (Wildman–Crippen LogP) is 2.99. The number of halogens is 3. The van der Waals surface area contributed by atoms with Gasteiger partial charge in [0.2, 0.25) is 0 Å². The molecule has 0 spiro atoms. The van der Waals surface area contributed by atoms with Gasteiger partial charge in [-0.2, -0.15) is 8.78 Å². The zero-order valence-electron chi connectivity index (χ0n) is 10.8. The molecule has 0 N–H and O–H groups in total. The van der Waals surface area contributed by atoms with Crippen LogP contribution in [0.3, 0.4) is 0 Å². The van der Waals surface area contributed by atoms with Gasteiger partial charge < -0.3 is 9.31 Å². The Kier molecular flexibility index (Phi) is 4.01. The molecule has 1 saturated heterocycles. The molecule has 1 aromatic rings. The van der Waals surface area contributed by atoms with Gasteiger partial charge in [-0.25, -0.2) is 4.39 Å². The molecular weight excluding hydrogens is 256 g/mol. The van der Waals surface area contributed by atoms with Crippen molar-refractivity contribution in [1.82, 2.24) is 0 Å². The van der Waals surface area contributed by atoms with Crippen LogP contribution in [0.4, 0.5) is 13.2 Å². The van der Waals surface area contributed by atoms with Crippen molar-refractivity contribution < 1.29 is 22.5 Å². The largest absolute Gasteiger partial charge is 0.493 e. The molecule has 1 aliphatic rings. The van der Waals surface area contributed by atoms with Crippen LogP contribution in [-0.4, -0.2) is 20.3 Å². The Balaban J connectivity index is 2.10. The Morgan fingerprint density at radius 1 is 1.05 bits per heavy atom. The fourth-order valence-corrected chi connectivity index (χ4v) is 1.78. The first-order valence-electron chi connectivity index (χ1n) is 5.93. The SMILES string of the molecule is CC1(C)COB(c2ccc(C(F)=C(F)F)cc2)OC1. The average Bonchev–Trinajstić information content (AvgIpc) is 2.38. The quantitative estimate of drug-likeness (QED) is 0.769. The van der Waals surface area contributed by atoms with Crippen molar-refractivity contribution >= 4 is 18.4 Å². The van der Waals surface area contributed by atoms with Crippen molar-refractivity contribution in [2.24, 2.45) is 5.41 Å². The van der Waals surface area contributed by atoms with Crippen molar-refractivity contribution in [2.45, 2.75) is 13.8 Å². The van der Waals surface area contributed by atoms with Crippen LogP contribution in [0.2, 0.25) is 0 Å². The fourth-order valence-electron chi connectivity index (χ4n) is 1.78. The Morgan fingerprint density at radius 2 is 1.58 bits per heavy atom. The summed E-state index contributed by atoms with van der Waals surface area (Å²) < 4.78 is 48.3. The molecule has 0 saturated carbocycles. The second-order valence-corrected chi connectivity index (χ2v) is 5.31. The summed E-state index contributed by atoms with van der Waals surface area (Å²) in [7, 11) is -0.524. The molecule has 1 aromatic carbocycles. The monoisotopic (exact) mass is 270 g/mol. The lowest BCUT2D eigenvalue weighted by atomic mass is 9.75. The highest BCUT2D eigenvalue weighted by Crippen LogP contribution is 2.23. The molecule has 0 aromatic heterocycles. The summed E-state index contributed by atoms with van der Waals surface area (Å²) in [5.41, 5.74) is 0.494. The second-order valence-electron chi connectivity index (χ2n) is 5.31. The molecule has 19 heavy (non-hydrogen) atoms. The number of hydrogen-bond acceptors (Lipinski definition) is 2. The zero-order valence-corrected chi connectivity index (χ0v) is 10.8. The first kappa shape index (κ1) is 14.2. The highest BCUT2D eigenvalue weighted by Gasteiger charge is 2.33. The minimum absolute atomic E-state index is 0.0390. The van der Waals surface area contributed by atoms with Crippen molar-refractivity contribution in [3.63, 3.8) is 0 Å². The van der Waals surface area contributed by atoms with Crippen molar-refractivity contribution in [3.8, 4) is 0 Å². The van der Waals surface area contributed by atoms with E-state index in [1.54, 1.807) is 0 Å². The summed E-state index contributed by atoms with van der Waals surface area (Å²) in [6, 6.07) is 5.63. The van der Waals surface area contributed by atoms with Crippen LogP contribution in [-0.2, 0) is 9.31 Å². The average molecular weight is 270 g/mol. The molecule has 2 rings (SSSR count). The number of benzene rings is 1. The van der Waals surface area contributed by atoms with Gasteiger partial charge in [0.1, 0.15) is 0 Å². The van der Waals surface area contributed by atoms with Gasteiger partial charge in [0.25, 0.3) is 0 Å². The van der Waals surface area contributed by atoms with E-state index in [0.29, 0.717) is 18.7 Å². The third-order valence-corrected chi connectivity index (χ3v) is 2.85. The molecule has 2 nitrogen and oxygen atoms in total. The van der Waals surface area contributed by atoms with Gasteiger partial charge in [-0.3, -0.25) is 0 Å².